The van der Waals surface area contributed by atoms with Gasteiger partial charge in [-0.15, -0.1) is 0 Å². The number of ether oxygens (including phenoxy) is 3. The minimum atomic E-state index is -0.820. The van der Waals surface area contributed by atoms with Gasteiger partial charge in [0.05, 0.1) is 14.2 Å². The Morgan fingerprint density at radius 3 is 2.62 bits per heavy atom. The summed E-state index contributed by atoms with van der Waals surface area (Å²) in [5.41, 5.74) is 0.288. The van der Waals surface area contributed by atoms with Crippen LogP contribution in [0.1, 0.15) is 5.56 Å². The summed E-state index contributed by atoms with van der Waals surface area (Å²) in [5, 5.41) is 9.84. The van der Waals surface area contributed by atoms with Crippen LogP contribution in [0.5, 0.6) is 11.5 Å². The molecule has 1 aromatic rings. The van der Waals surface area contributed by atoms with Crippen molar-refractivity contribution in [2.75, 3.05) is 20.8 Å². The number of ketones is 1. The van der Waals surface area contributed by atoms with Gasteiger partial charge >= 0.3 is 5.97 Å². The normalized spacial score (nSPS) is 17.0. The number of carbonyl (C=O) groups excluding carboxylic acids is 2. The van der Waals surface area contributed by atoms with Crippen LogP contribution in [0.25, 0.3) is 6.08 Å². The van der Waals surface area contributed by atoms with Crippen molar-refractivity contribution in [3.8, 4) is 11.5 Å². The number of esters is 1. The molecule has 1 aromatic carbocycles. The molecule has 2 rings (SSSR count). The second kappa shape index (κ2) is 6.13. The van der Waals surface area contributed by atoms with E-state index in [0.717, 1.165) is 0 Å². The molecule has 1 aliphatic heterocycles. The molecule has 1 saturated heterocycles. The number of rotatable bonds is 4. The van der Waals surface area contributed by atoms with Gasteiger partial charge in [0.2, 0.25) is 5.78 Å². The van der Waals surface area contributed by atoms with E-state index in [1.54, 1.807) is 18.2 Å². The van der Waals surface area contributed by atoms with E-state index in [0.29, 0.717) is 17.1 Å². The van der Waals surface area contributed by atoms with Crippen molar-refractivity contribution in [2.45, 2.75) is 0 Å². The average Bonchev–Trinajstić information content (AvgIpc) is 2.83. The molecular weight excluding hydrogens is 276 g/mol. The van der Waals surface area contributed by atoms with Gasteiger partial charge < -0.3 is 19.3 Å². The van der Waals surface area contributed by atoms with Crippen molar-refractivity contribution >= 4 is 17.8 Å². The van der Waals surface area contributed by atoms with Crippen molar-refractivity contribution in [3.05, 3.63) is 41.2 Å². The predicted octanol–water partition coefficient (Wildman–Crippen LogP) is 1.66. The summed E-state index contributed by atoms with van der Waals surface area (Å²) in [6.07, 6.45) is 2.76. The van der Waals surface area contributed by atoms with Gasteiger partial charge in [-0.25, -0.2) is 4.79 Å². The highest BCUT2D eigenvalue weighted by atomic mass is 16.5. The lowest BCUT2D eigenvalue weighted by atomic mass is 10.1. The lowest BCUT2D eigenvalue weighted by molar-refractivity contribution is -0.135. The van der Waals surface area contributed by atoms with Gasteiger partial charge in [-0.1, -0.05) is 0 Å². The minimum absolute atomic E-state index is 0.339. The minimum Gasteiger partial charge on any atom is -0.507 e. The van der Waals surface area contributed by atoms with E-state index < -0.39 is 17.5 Å². The van der Waals surface area contributed by atoms with Crippen LogP contribution in [-0.2, 0) is 14.3 Å². The number of Topliss-reactive ketones (excluding diaryl/α,β-unsaturated/α-hetero) is 1. The maximum absolute atomic E-state index is 11.4. The second-order valence-electron chi connectivity index (χ2n) is 4.20. The summed E-state index contributed by atoms with van der Waals surface area (Å²) >= 11 is 0. The Morgan fingerprint density at radius 2 is 2.05 bits per heavy atom. The quantitative estimate of drug-likeness (QED) is 0.393. The molecule has 0 aromatic heterocycles. The Morgan fingerprint density at radius 1 is 1.29 bits per heavy atom. The molecule has 1 aliphatic rings. The first-order valence-electron chi connectivity index (χ1n) is 6.10. The first kappa shape index (κ1) is 14.6. The lowest BCUT2D eigenvalue weighted by Gasteiger charge is -2.07. The highest BCUT2D eigenvalue weighted by Crippen LogP contribution is 2.26. The van der Waals surface area contributed by atoms with E-state index in [1.165, 1.54) is 26.4 Å². The van der Waals surface area contributed by atoms with E-state index in [1.807, 2.05) is 0 Å². The standard InChI is InChI=1S/C15H14O6/c1-19-10-4-6-13(20-2)9(7-10)3-5-11(16)14-12(17)8-21-15(14)18/h3-7,16H,8H2,1-2H3/b5-3+,14-11+. The fourth-order valence-electron chi connectivity index (χ4n) is 1.86. The number of allylic oxidation sites excluding steroid dienone is 1. The Bertz CT molecular complexity index is 624. The van der Waals surface area contributed by atoms with Crippen LogP contribution < -0.4 is 9.47 Å². The summed E-state index contributed by atoms with van der Waals surface area (Å²) in [6, 6.07) is 5.13. The number of aliphatic hydroxyl groups excluding tert-OH is 1. The number of methoxy groups -OCH3 is 2. The Labute approximate surface area is 121 Å². The number of carbonyl (C=O) groups is 2. The number of aliphatic hydroxyl groups is 1. The highest BCUT2D eigenvalue weighted by molar-refractivity contribution is 6.22. The molecule has 21 heavy (non-hydrogen) atoms. The molecule has 1 heterocycles. The maximum atomic E-state index is 11.4. The number of benzene rings is 1. The number of hydrogen-bond acceptors (Lipinski definition) is 6. The van der Waals surface area contributed by atoms with Crippen molar-refractivity contribution in [3.63, 3.8) is 0 Å². The molecule has 6 nitrogen and oxygen atoms in total. The number of cyclic esters (lactones) is 1. The lowest BCUT2D eigenvalue weighted by Crippen LogP contribution is -2.04. The molecule has 0 amide bonds. The van der Waals surface area contributed by atoms with Crippen LogP contribution >= 0.6 is 0 Å². The molecule has 0 saturated carbocycles. The average molecular weight is 290 g/mol. The fraction of sp³-hybridized carbons (Fsp3) is 0.200. The SMILES string of the molecule is COc1ccc(OC)c(/C=C/C(O)=C2/C(=O)COC2=O)c1. The van der Waals surface area contributed by atoms with Crippen LogP contribution in [0.4, 0.5) is 0 Å². The predicted molar refractivity (Wildman–Crippen MR) is 74.2 cm³/mol. The smallest absolute Gasteiger partial charge is 0.346 e. The molecule has 0 atom stereocenters. The van der Waals surface area contributed by atoms with E-state index in [2.05, 4.69) is 4.74 Å². The molecular formula is C15H14O6. The molecule has 0 aliphatic carbocycles. The molecule has 0 bridgehead atoms. The Balaban J connectivity index is 2.35. The Kier molecular flexibility index (Phi) is 4.27. The molecule has 1 fully saturated rings. The summed E-state index contributed by atoms with van der Waals surface area (Å²) in [7, 11) is 3.04. The largest absolute Gasteiger partial charge is 0.507 e. The molecule has 110 valence electrons. The third-order valence-corrected chi connectivity index (χ3v) is 2.93. The summed E-state index contributed by atoms with van der Waals surface area (Å²) in [4.78, 5) is 22.7. The van der Waals surface area contributed by atoms with Crippen molar-refractivity contribution in [2.24, 2.45) is 0 Å². The third kappa shape index (κ3) is 3.05. The molecule has 0 unspecified atom stereocenters. The zero-order valence-electron chi connectivity index (χ0n) is 11.6. The van der Waals surface area contributed by atoms with Gasteiger partial charge in [0.1, 0.15) is 22.8 Å². The summed E-state index contributed by atoms with van der Waals surface area (Å²) in [5.74, 6) is -0.629. The summed E-state index contributed by atoms with van der Waals surface area (Å²) < 4.78 is 14.8. The van der Waals surface area contributed by atoms with Crippen LogP contribution in [0.15, 0.2) is 35.6 Å². The van der Waals surface area contributed by atoms with Crippen LogP contribution in [0.2, 0.25) is 0 Å². The van der Waals surface area contributed by atoms with Crippen molar-refractivity contribution in [1.29, 1.82) is 0 Å². The topological polar surface area (TPSA) is 82.1 Å². The zero-order chi connectivity index (χ0) is 15.4. The van der Waals surface area contributed by atoms with E-state index in [4.69, 9.17) is 9.47 Å². The first-order valence-corrected chi connectivity index (χ1v) is 6.10. The van der Waals surface area contributed by atoms with Crippen LogP contribution in [0.3, 0.4) is 0 Å². The highest BCUT2D eigenvalue weighted by Gasteiger charge is 2.31. The second-order valence-corrected chi connectivity index (χ2v) is 4.20. The molecule has 0 spiro atoms. The summed E-state index contributed by atoms with van der Waals surface area (Å²) in [6.45, 7) is -0.339. The monoisotopic (exact) mass is 290 g/mol. The van der Waals surface area contributed by atoms with E-state index in [-0.39, 0.29) is 12.2 Å². The van der Waals surface area contributed by atoms with Gasteiger partial charge in [-0.05, 0) is 30.4 Å². The van der Waals surface area contributed by atoms with Gasteiger partial charge in [0.15, 0.2) is 6.61 Å². The van der Waals surface area contributed by atoms with E-state index in [9.17, 15) is 14.7 Å². The van der Waals surface area contributed by atoms with Crippen LogP contribution in [-0.4, -0.2) is 37.7 Å². The first-order chi connectivity index (χ1) is 10.1. The maximum Gasteiger partial charge on any atom is 0.346 e. The van der Waals surface area contributed by atoms with Crippen molar-refractivity contribution < 1.29 is 28.9 Å². The van der Waals surface area contributed by atoms with Gasteiger partial charge in [0.25, 0.3) is 0 Å². The zero-order valence-corrected chi connectivity index (χ0v) is 11.6. The third-order valence-electron chi connectivity index (χ3n) is 2.93. The molecule has 0 radical (unpaired) electrons. The molecule has 6 heteroatoms. The van der Waals surface area contributed by atoms with Crippen molar-refractivity contribution in [1.82, 2.24) is 0 Å². The number of hydrogen-bond donors (Lipinski definition) is 1. The van der Waals surface area contributed by atoms with E-state index >= 15 is 0 Å². The van der Waals surface area contributed by atoms with Crippen LogP contribution in [0, 0.1) is 0 Å². The van der Waals surface area contributed by atoms with Gasteiger partial charge in [0, 0.05) is 5.56 Å². The molecule has 1 N–H and O–H groups in total. The van der Waals surface area contributed by atoms with Gasteiger partial charge in [-0.2, -0.15) is 0 Å². The van der Waals surface area contributed by atoms with Gasteiger partial charge in [-0.3, -0.25) is 4.79 Å². The Hall–Kier alpha value is -2.76. The fourth-order valence-corrected chi connectivity index (χ4v) is 1.86.